The van der Waals surface area contributed by atoms with Crippen LogP contribution in [0.4, 0.5) is 5.69 Å². The molecular formula is C51H77NO2. The Kier molecular flexibility index (Phi) is 22.2. The van der Waals surface area contributed by atoms with Gasteiger partial charge in [-0.1, -0.05) is 209 Å². The lowest BCUT2D eigenvalue weighted by Gasteiger charge is -2.30. The van der Waals surface area contributed by atoms with Gasteiger partial charge in [-0.2, -0.15) is 0 Å². The molecule has 0 aliphatic carbocycles. The number of esters is 1. The van der Waals surface area contributed by atoms with Crippen molar-refractivity contribution in [3.8, 4) is 0 Å². The summed E-state index contributed by atoms with van der Waals surface area (Å²) in [7, 11) is 0. The van der Waals surface area contributed by atoms with Gasteiger partial charge in [-0.25, -0.2) is 4.79 Å². The minimum Gasteiger partial charge on any atom is -0.462 e. The van der Waals surface area contributed by atoms with E-state index in [0.29, 0.717) is 12.2 Å². The highest BCUT2D eigenvalue weighted by molar-refractivity contribution is 6.06. The Hall–Kier alpha value is -3.07. The van der Waals surface area contributed by atoms with Gasteiger partial charge in [-0.15, -0.1) is 0 Å². The topological polar surface area (TPSA) is 29.5 Å². The first-order valence-corrected chi connectivity index (χ1v) is 22.9. The van der Waals surface area contributed by atoms with Gasteiger partial charge in [-0.05, 0) is 72.2 Å². The molecule has 0 atom stereocenters. The number of aryl methyl sites for hydroxylation is 1. The van der Waals surface area contributed by atoms with E-state index in [1.54, 1.807) is 0 Å². The lowest BCUT2D eigenvalue weighted by Crippen LogP contribution is -2.30. The van der Waals surface area contributed by atoms with Gasteiger partial charge in [0.2, 0.25) is 0 Å². The van der Waals surface area contributed by atoms with Gasteiger partial charge >= 0.3 is 5.97 Å². The molecule has 0 radical (unpaired) electrons. The first-order chi connectivity index (χ1) is 26.7. The predicted octanol–water partition coefficient (Wildman–Crippen LogP) is 15.6. The Labute approximate surface area is 331 Å². The van der Waals surface area contributed by atoms with Gasteiger partial charge in [0.05, 0.1) is 12.2 Å². The van der Waals surface area contributed by atoms with E-state index in [0.717, 1.165) is 49.5 Å². The number of fused-ring (bicyclic) bond motifs is 1. The molecule has 3 aromatic carbocycles. The van der Waals surface area contributed by atoms with Crippen LogP contribution in [0.15, 0.2) is 66.2 Å². The zero-order valence-corrected chi connectivity index (χ0v) is 34.8. The molecule has 0 spiro atoms. The van der Waals surface area contributed by atoms with Crippen molar-refractivity contribution < 1.29 is 9.53 Å². The largest absolute Gasteiger partial charge is 0.462 e. The molecule has 1 heterocycles. The summed E-state index contributed by atoms with van der Waals surface area (Å²) in [5.41, 5.74) is 6.20. The first kappa shape index (κ1) is 43.7. The molecule has 1 aliphatic heterocycles. The summed E-state index contributed by atoms with van der Waals surface area (Å²) >= 11 is 0. The maximum Gasteiger partial charge on any atom is 0.338 e. The number of piperidine rings is 1. The molecule has 3 heteroatoms. The third kappa shape index (κ3) is 16.7. The molecule has 3 nitrogen and oxygen atoms in total. The summed E-state index contributed by atoms with van der Waals surface area (Å²) in [5.74, 6) is -0.193. The zero-order valence-electron chi connectivity index (χ0n) is 34.8. The van der Waals surface area contributed by atoms with Crippen LogP contribution in [0.1, 0.15) is 202 Å². The van der Waals surface area contributed by atoms with Crippen LogP contribution >= 0.6 is 0 Å². The third-order valence-electron chi connectivity index (χ3n) is 11.8. The molecule has 1 aliphatic rings. The van der Waals surface area contributed by atoms with Gasteiger partial charge in [-0.3, -0.25) is 0 Å². The summed E-state index contributed by atoms with van der Waals surface area (Å²) in [6.07, 6.45) is 38.2. The maximum atomic E-state index is 13.2. The molecule has 1 saturated heterocycles. The van der Waals surface area contributed by atoms with Crippen LogP contribution in [-0.2, 0) is 11.2 Å². The zero-order chi connectivity index (χ0) is 37.9. The average molecular weight is 736 g/mol. The summed E-state index contributed by atoms with van der Waals surface area (Å²) in [6, 6.07) is 21.8. The van der Waals surface area contributed by atoms with Gasteiger partial charge in [0.25, 0.3) is 0 Å². The van der Waals surface area contributed by atoms with E-state index in [1.807, 2.05) is 12.1 Å². The van der Waals surface area contributed by atoms with E-state index >= 15 is 0 Å². The standard InChI is InChI=1S/C51H77NO2/c1-3-5-7-9-11-13-15-17-19-21-23-25-29-44-32-35-47(36-33-44)52-40-38-45(39-41-52)43-46-34-37-50(49-31-27-26-30-48(46)49)51(53)54-42-28-24-22-20-18-16-14-12-10-8-6-4-2/h26-27,30-37,43H,3-25,28-29,38-42H2,1-2H3. The number of nitrogens with zero attached hydrogens (tertiary/aromatic N) is 1. The minimum absolute atomic E-state index is 0.193. The van der Waals surface area contributed by atoms with Crippen molar-refractivity contribution >= 4 is 28.5 Å². The van der Waals surface area contributed by atoms with Crippen molar-refractivity contribution in [3.05, 3.63) is 82.9 Å². The molecule has 54 heavy (non-hydrogen) atoms. The fraction of sp³-hybridized carbons (Fsp3) is 0.627. The van der Waals surface area contributed by atoms with E-state index in [4.69, 9.17) is 4.74 Å². The van der Waals surface area contributed by atoms with Crippen LogP contribution < -0.4 is 4.90 Å². The fourth-order valence-corrected chi connectivity index (χ4v) is 8.27. The Bertz CT molecular complexity index is 1450. The normalized spacial score (nSPS) is 13.1. The summed E-state index contributed by atoms with van der Waals surface area (Å²) in [5, 5.41) is 2.13. The molecule has 298 valence electrons. The molecule has 1 fully saturated rings. The fourth-order valence-electron chi connectivity index (χ4n) is 8.27. The van der Waals surface area contributed by atoms with Crippen LogP contribution in [0, 0.1) is 0 Å². The Morgan fingerprint density at radius 1 is 0.556 bits per heavy atom. The molecule has 0 bridgehead atoms. The molecule has 3 aromatic rings. The van der Waals surface area contributed by atoms with Gasteiger partial charge in [0.1, 0.15) is 0 Å². The minimum atomic E-state index is -0.193. The highest BCUT2D eigenvalue weighted by atomic mass is 16.5. The van der Waals surface area contributed by atoms with Crippen molar-refractivity contribution in [2.75, 3.05) is 24.6 Å². The monoisotopic (exact) mass is 736 g/mol. The summed E-state index contributed by atoms with van der Waals surface area (Å²) in [6.45, 7) is 7.18. The number of anilines is 1. The van der Waals surface area contributed by atoms with Crippen molar-refractivity contribution in [2.45, 2.75) is 187 Å². The van der Waals surface area contributed by atoms with Crippen molar-refractivity contribution in [1.82, 2.24) is 0 Å². The van der Waals surface area contributed by atoms with E-state index in [-0.39, 0.29) is 5.97 Å². The molecule has 0 N–H and O–H groups in total. The second kappa shape index (κ2) is 27.5. The summed E-state index contributed by atoms with van der Waals surface area (Å²) in [4.78, 5) is 15.7. The number of carbonyl (C=O) groups excluding carboxylic acids is 1. The van der Waals surface area contributed by atoms with E-state index < -0.39 is 0 Å². The van der Waals surface area contributed by atoms with Crippen LogP contribution in [0.5, 0.6) is 0 Å². The van der Waals surface area contributed by atoms with Crippen molar-refractivity contribution in [3.63, 3.8) is 0 Å². The number of ether oxygens (including phenoxy) is 1. The lowest BCUT2D eigenvalue weighted by atomic mass is 9.95. The Morgan fingerprint density at radius 2 is 1.04 bits per heavy atom. The molecular weight excluding hydrogens is 659 g/mol. The third-order valence-corrected chi connectivity index (χ3v) is 11.8. The predicted molar refractivity (Wildman–Crippen MR) is 236 cm³/mol. The molecule has 0 amide bonds. The van der Waals surface area contributed by atoms with Crippen LogP contribution in [0.2, 0.25) is 0 Å². The van der Waals surface area contributed by atoms with Crippen LogP contribution in [-0.4, -0.2) is 25.7 Å². The molecule has 0 saturated carbocycles. The van der Waals surface area contributed by atoms with Crippen LogP contribution in [0.25, 0.3) is 16.8 Å². The lowest BCUT2D eigenvalue weighted by molar-refractivity contribution is 0.0500. The van der Waals surface area contributed by atoms with Crippen molar-refractivity contribution in [1.29, 1.82) is 0 Å². The number of hydrogen-bond acceptors (Lipinski definition) is 3. The number of benzene rings is 3. The van der Waals surface area contributed by atoms with Crippen LogP contribution in [0.3, 0.4) is 0 Å². The highest BCUT2D eigenvalue weighted by Crippen LogP contribution is 2.29. The average Bonchev–Trinajstić information content (AvgIpc) is 3.20. The number of unbranched alkanes of at least 4 members (excludes halogenated alkanes) is 22. The SMILES string of the molecule is CCCCCCCCCCCCCCOC(=O)c1ccc(C=C2CCN(c3ccc(CCCCCCCCCCCCCC)cc3)CC2)c2ccccc12. The first-order valence-electron chi connectivity index (χ1n) is 22.9. The molecule has 0 aromatic heterocycles. The second-order valence-electron chi connectivity index (χ2n) is 16.4. The highest BCUT2D eigenvalue weighted by Gasteiger charge is 2.17. The van der Waals surface area contributed by atoms with Gasteiger partial charge in [0, 0.05) is 18.8 Å². The van der Waals surface area contributed by atoms with E-state index in [2.05, 4.69) is 73.4 Å². The Balaban J connectivity index is 1.12. The van der Waals surface area contributed by atoms with E-state index in [1.165, 1.54) is 170 Å². The second-order valence-corrected chi connectivity index (χ2v) is 16.4. The smallest absolute Gasteiger partial charge is 0.338 e. The molecule has 4 rings (SSSR count). The van der Waals surface area contributed by atoms with Crippen molar-refractivity contribution in [2.24, 2.45) is 0 Å². The van der Waals surface area contributed by atoms with E-state index in [9.17, 15) is 4.79 Å². The van der Waals surface area contributed by atoms with Gasteiger partial charge < -0.3 is 9.64 Å². The number of carbonyl (C=O) groups is 1. The number of hydrogen-bond donors (Lipinski definition) is 0. The maximum absolute atomic E-state index is 13.2. The number of rotatable bonds is 29. The quantitative estimate of drug-likeness (QED) is 0.0525. The summed E-state index contributed by atoms with van der Waals surface area (Å²) < 4.78 is 5.77. The Morgan fingerprint density at radius 3 is 1.57 bits per heavy atom. The molecule has 0 unspecified atom stereocenters. The van der Waals surface area contributed by atoms with Gasteiger partial charge in [0.15, 0.2) is 0 Å².